The molecule has 0 atom stereocenters. The number of hydrogen-bond donors (Lipinski definition) is 0. The molecule has 5 rings (SSSR count). The van der Waals surface area contributed by atoms with E-state index < -0.39 is 27.6 Å². The Morgan fingerprint density at radius 2 is 1.87 bits per heavy atom. The van der Waals surface area contributed by atoms with Gasteiger partial charge in [-0.25, -0.2) is 22.2 Å². The summed E-state index contributed by atoms with van der Waals surface area (Å²) < 4.78 is 55.3. The molecular formula is C27H26F2N4O3S2. The summed E-state index contributed by atoms with van der Waals surface area (Å²) in [6, 6.07) is 10.3. The van der Waals surface area contributed by atoms with Gasteiger partial charge in [-0.3, -0.25) is 14.7 Å². The number of amides is 1. The maximum absolute atomic E-state index is 13.9. The number of thiazole rings is 1. The van der Waals surface area contributed by atoms with Gasteiger partial charge < -0.3 is 0 Å². The Balaban J connectivity index is 1.39. The lowest BCUT2D eigenvalue weighted by atomic mass is 9.96. The molecule has 0 radical (unpaired) electrons. The van der Waals surface area contributed by atoms with E-state index in [0.29, 0.717) is 24.0 Å². The highest BCUT2D eigenvalue weighted by molar-refractivity contribution is 7.89. The summed E-state index contributed by atoms with van der Waals surface area (Å²) in [4.78, 5) is 24.2. The summed E-state index contributed by atoms with van der Waals surface area (Å²) in [5.74, 6) is -2.88. The minimum atomic E-state index is -4.01. The van der Waals surface area contributed by atoms with Gasteiger partial charge in [0.1, 0.15) is 0 Å². The van der Waals surface area contributed by atoms with E-state index in [2.05, 4.69) is 11.1 Å². The van der Waals surface area contributed by atoms with E-state index in [1.807, 2.05) is 32.0 Å². The van der Waals surface area contributed by atoms with Crippen LogP contribution in [0.1, 0.15) is 29.5 Å². The van der Waals surface area contributed by atoms with Crippen molar-refractivity contribution in [3.05, 3.63) is 83.2 Å². The lowest BCUT2D eigenvalue weighted by molar-refractivity contribution is -0.123. The molecule has 1 aliphatic rings. The number of carbonyl (C=O) groups excluding carboxylic acids is 1. The Morgan fingerprint density at radius 3 is 2.55 bits per heavy atom. The molecule has 0 N–H and O–H groups in total. The van der Waals surface area contributed by atoms with Crippen LogP contribution in [0.3, 0.4) is 0 Å². The van der Waals surface area contributed by atoms with E-state index >= 15 is 0 Å². The molecule has 1 amide bonds. The highest BCUT2D eigenvalue weighted by atomic mass is 32.2. The molecule has 1 fully saturated rings. The molecule has 0 unspecified atom stereocenters. The molecular weight excluding hydrogens is 530 g/mol. The van der Waals surface area contributed by atoms with Crippen LogP contribution in [0.5, 0.6) is 0 Å². The van der Waals surface area contributed by atoms with Gasteiger partial charge >= 0.3 is 0 Å². The Hall–Kier alpha value is -3.28. The average molecular weight is 557 g/mol. The number of hydrogen-bond acceptors (Lipinski definition) is 6. The van der Waals surface area contributed by atoms with E-state index in [4.69, 9.17) is 4.98 Å². The minimum absolute atomic E-state index is 0.0939. The SMILES string of the molecule is Cc1cc(C)c2sc(N(Cc3cccnc3)C(=O)C3CCN(S(=O)(=O)c4ccc(F)c(F)c4)CC3)nc2c1. The van der Waals surface area contributed by atoms with Gasteiger partial charge in [-0.1, -0.05) is 23.5 Å². The number of aryl methyl sites for hydroxylation is 2. The number of halogens is 2. The summed E-state index contributed by atoms with van der Waals surface area (Å²) in [6.45, 7) is 4.50. The monoisotopic (exact) mass is 556 g/mol. The van der Waals surface area contributed by atoms with Crippen molar-refractivity contribution in [1.82, 2.24) is 14.3 Å². The fraction of sp³-hybridized carbons (Fsp3) is 0.296. The average Bonchev–Trinajstić information content (AvgIpc) is 3.33. The van der Waals surface area contributed by atoms with E-state index in [9.17, 15) is 22.0 Å². The normalized spacial score (nSPS) is 15.2. The highest BCUT2D eigenvalue weighted by Gasteiger charge is 2.35. The highest BCUT2D eigenvalue weighted by Crippen LogP contribution is 2.35. The molecule has 0 bridgehead atoms. The number of benzene rings is 2. The van der Waals surface area contributed by atoms with Crippen molar-refractivity contribution in [3.8, 4) is 0 Å². The summed E-state index contributed by atoms with van der Waals surface area (Å²) >= 11 is 1.46. The summed E-state index contributed by atoms with van der Waals surface area (Å²) in [5, 5.41) is 0.583. The van der Waals surface area contributed by atoms with Crippen LogP contribution in [0.2, 0.25) is 0 Å². The fourth-order valence-electron chi connectivity index (χ4n) is 4.74. The van der Waals surface area contributed by atoms with Gasteiger partial charge in [0, 0.05) is 31.4 Å². The van der Waals surface area contributed by atoms with E-state index in [-0.39, 0.29) is 30.4 Å². The largest absolute Gasteiger partial charge is 0.283 e. The number of rotatable bonds is 6. The third-order valence-corrected chi connectivity index (χ3v) is 9.83. The third-order valence-electron chi connectivity index (χ3n) is 6.70. The standard InChI is InChI=1S/C27H26F2N4O3S2/c1-17-12-18(2)25-24(13-17)31-27(37-25)33(16-19-4-3-9-30-15-19)26(34)20-7-10-32(11-8-20)38(35,36)21-5-6-22(28)23(29)14-21/h3-6,9,12-15,20H,7-8,10-11,16H2,1-2H3. The zero-order chi connectivity index (χ0) is 27.0. The van der Waals surface area contributed by atoms with Crippen molar-refractivity contribution in [1.29, 1.82) is 0 Å². The molecule has 1 aliphatic heterocycles. The minimum Gasteiger partial charge on any atom is -0.283 e. The molecule has 38 heavy (non-hydrogen) atoms. The number of nitrogens with zero attached hydrogens (tertiary/aromatic N) is 4. The first kappa shape index (κ1) is 26.3. The molecule has 0 saturated carbocycles. The van der Waals surface area contributed by atoms with Crippen molar-refractivity contribution in [2.75, 3.05) is 18.0 Å². The number of fused-ring (bicyclic) bond motifs is 1. The zero-order valence-electron chi connectivity index (χ0n) is 20.9. The number of piperidine rings is 1. The van der Waals surface area contributed by atoms with Gasteiger partial charge in [0.2, 0.25) is 15.9 Å². The second-order valence-corrected chi connectivity index (χ2v) is 12.4. The lowest BCUT2D eigenvalue weighted by Crippen LogP contribution is -2.44. The second kappa shape index (κ2) is 10.5. The molecule has 2 aromatic heterocycles. The Labute approximate surface area is 223 Å². The van der Waals surface area contributed by atoms with Crippen LogP contribution < -0.4 is 4.90 Å². The molecule has 3 heterocycles. The van der Waals surface area contributed by atoms with Crippen LogP contribution in [0.4, 0.5) is 13.9 Å². The quantitative estimate of drug-likeness (QED) is 0.325. The molecule has 0 aliphatic carbocycles. The molecule has 1 saturated heterocycles. The predicted molar refractivity (Wildman–Crippen MR) is 142 cm³/mol. The first-order chi connectivity index (χ1) is 18.1. The van der Waals surface area contributed by atoms with Crippen molar-refractivity contribution >= 4 is 42.6 Å². The number of anilines is 1. The predicted octanol–water partition coefficient (Wildman–Crippen LogP) is 5.22. The van der Waals surface area contributed by atoms with E-state index in [0.717, 1.165) is 39.0 Å². The zero-order valence-corrected chi connectivity index (χ0v) is 22.5. The topological polar surface area (TPSA) is 83.5 Å². The van der Waals surface area contributed by atoms with Gasteiger partial charge in [-0.05, 0) is 73.7 Å². The van der Waals surface area contributed by atoms with E-state index in [1.165, 1.54) is 15.6 Å². The van der Waals surface area contributed by atoms with Crippen LogP contribution in [0.25, 0.3) is 10.2 Å². The van der Waals surface area contributed by atoms with Gasteiger partial charge in [-0.2, -0.15) is 4.31 Å². The van der Waals surface area contributed by atoms with Crippen molar-refractivity contribution in [3.63, 3.8) is 0 Å². The summed E-state index contributed by atoms with van der Waals surface area (Å²) in [5.41, 5.74) is 3.87. The molecule has 7 nitrogen and oxygen atoms in total. The van der Waals surface area contributed by atoms with E-state index in [1.54, 1.807) is 17.3 Å². The maximum atomic E-state index is 13.9. The fourth-order valence-corrected chi connectivity index (χ4v) is 7.25. The van der Waals surface area contributed by atoms with Gasteiger partial charge in [0.05, 0.1) is 21.7 Å². The summed E-state index contributed by atoms with van der Waals surface area (Å²) in [7, 11) is -4.01. The Kier molecular flexibility index (Phi) is 7.26. The number of sulfonamides is 1. The molecule has 2 aromatic carbocycles. The first-order valence-electron chi connectivity index (χ1n) is 12.2. The van der Waals surface area contributed by atoms with Crippen LogP contribution in [0, 0.1) is 31.4 Å². The molecule has 0 spiro atoms. The Bertz CT molecular complexity index is 1600. The van der Waals surface area contributed by atoms with Gasteiger partial charge in [0.15, 0.2) is 16.8 Å². The smallest absolute Gasteiger partial charge is 0.243 e. The van der Waals surface area contributed by atoms with Crippen molar-refractivity contribution < 1.29 is 22.0 Å². The summed E-state index contributed by atoms with van der Waals surface area (Å²) in [6.07, 6.45) is 3.98. The Morgan fingerprint density at radius 1 is 1.11 bits per heavy atom. The number of carbonyl (C=O) groups is 1. The lowest BCUT2D eigenvalue weighted by Gasteiger charge is -2.33. The molecule has 198 valence electrons. The first-order valence-corrected chi connectivity index (χ1v) is 14.4. The van der Waals surface area contributed by atoms with Crippen molar-refractivity contribution in [2.24, 2.45) is 5.92 Å². The van der Waals surface area contributed by atoms with Crippen molar-refractivity contribution in [2.45, 2.75) is 38.1 Å². The number of aromatic nitrogens is 2. The number of pyridine rings is 1. The maximum Gasteiger partial charge on any atom is 0.243 e. The van der Waals surface area contributed by atoms with Crippen LogP contribution in [0.15, 0.2) is 59.8 Å². The third kappa shape index (κ3) is 5.18. The van der Waals surface area contributed by atoms with Crippen LogP contribution in [-0.4, -0.2) is 41.7 Å². The van der Waals surface area contributed by atoms with Gasteiger partial charge in [-0.15, -0.1) is 0 Å². The van der Waals surface area contributed by atoms with Crippen LogP contribution >= 0.6 is 11.3 Å². The molecule has 4 aromatic rings. The second-order valence-electron chi connectivity index (χ2n) is 9.47. The van der Waals surface area contributed by atoms with Crippen LogP contribution in [-0.2, 0) is 21.4 Å². The van der Waals surface area contributed by atoms with Gasteiger partial charge in [0.25, 0.3) is 0 Å². The molecule has 11 heteroatoms.